The smallest absolute Gasteiger partial charge is 0.352 e. The number of nitrogens with one attached hydrogen (secondary N) is 1. The average Bonchev–Trinajstić information content (AvgIpc) is 2.74. The molecule has 1 rings (SSSR count). The van der Waals surface area contributed by atoms with Crippen LogP contribution in [0.15, 0.2) is 6.07 Å². The predicted octanol–water partition coefficient (Wildman–Crippen LogP) is 0.713. The zero-order chi connectivity index (χ0) is 13.8. The van der Waals surface area contributed by atoms with E-state index in [2.05, 4.69) is 10.2 Å². The monoisotopic (exact) mass is 274 g/mol. The van der Waals surface area contributed by atoms with E-state index in [1.54, 1.807) is 6.92 Å². The van der Waals surface area contributed by atoms with Crippen LogP contribution in [0, 0.1) is 0 Å². The summed E-state index contributed by atoms with van der Waals surface area (Å²) in [7, 11) is -3.37. The van der Waals surface area contributed by atoms with Gasteiger partial charge in [0.15, 0.2) is 5.69 Å². The Labute approximate surface area is 106 Å². The van der Waals surface area contributed by atoms with Gasteiger partial charge in [-0.1, -0.05) is 0 Å². The largest absolute Gasteiger partial charge is 0.379 e. The Bertz CT molecular complexity index is 515. The number of carbonyl (C=O) groups is 2. The van der Waals surface area contributed by atoms with Crippen molar-refractivity contribution in [3.8, 4) is 0 Å². The highest BCUT2D eigenvalue weighted by atomic mass is 32.3. The first-order chi connectivity index (χ1) is 8.25. The minimum Gasteiger partial charge on any atom is -0.352 e. The normalized spacial score (nSPS) is 13.6. The quantitative estimate of drug-likeness (QED) is 0.772. The van der Waals surface area contributed by atoms with Crippen LogP contribution >= 0.6 is 0 Å². The minimum atomic E-state index is -3.37. The van der Waals surface area contributed by atoms with Crippen LogP contribution in [0.3, 0.4) is 0 Å². The van der Waals surface area contributed by atoms with E-state index in [0.29, 0.717) is 18.5 Å². The molecule has 0 amide bonds. The molecular formula is C11H18N2O4S. The summed E-state index contributed by atoms with van der Waals surface area (Å²) in [5, 5.41) is 6.42. The van der Waals surface area contributed by atoms with Crippen molar-refractivity contribution in [2.75, 3.05) is 18.3 Å². The molecule has 1 aromatic heterocycles. The minimum absolute atomic E-state index is 0.0758. The third-order valence-corrected chi connectivity index (χ3v) is 4.82. The van der Waals surface area contributed by atoms with Crippen molar-refractivity contribution in [3.05, 3.63) is 17.5 Å². The van der Waals surface area contributed by atoms with Crippen LogP contribution in [0.1, 0.15) is 29.5 Å². The fourth-order valence-electron chi connectivity index (χ4n) is 1.15. The molecule has 0 aromatic carbocycles. The lowest BCUT2D eigenvalue weighted by Gasteiger charge is -2.37. The molecule has 0 spiro atoms. The first-order valence-electron chi connectivity index (χ1n) is 5.58. The lowest BCUT2D eigenvalue weighted by atomic mass is 10.2. The van der Waals surface area contributed by atoms with Gasteiger partial charge < -0.3 is 8.98 Å². The van der Waals surface area contributed by atoms with Gasteiger partial charge in [-0.15, -0.1) is 0 Å². The summed E-state index contributed by atoms with van der Waals surface area (Å²) in [5.41, 5.74) is 0.744. The van der Waals surface area contributed by atoms with Gasteiger partial charge in [-0.25, -0.2) is 4.79 Å². The van der Waals surface area contributed by atoms with Crippen LogP contribution in [-0.4, -0.2) is 44.9 Å². The maximum Gasteiger partial charge on any atom is 0.379 e. The molecule has 0 aliphatic carbocycles. The van der Waals surface area contributed by atoms with Crippen LogP contribution < -0.4 is 0 Å². The second-order valence-corrected chi connectivity index (χ2v) is 9.26. The van der Waals surface area contributed by atoms with E-state index in [4.69, 9.17) is 4.18 Å². The topological polar surface area (TPSA) is 89.1 Å². The molecule has 0 radical (unpaired) electrons. The van der Waals surface area contributed by atoms with Crippen molar-refractivity contribution in [1.82, 2.24) is 10.2 Å². The van der Waals surface area contributed by atoms with Gasteiger partial charge in [0.2, 0.25) is 0 Å². The van der Waals surface area contributed by atoms with Crippen LogP contribution in [0.2, 0.25) is 0 Å². The van der Waals surface area contributed by atoms with Gasteiger partial charge >= 0.3 is 5.97 Å². The summed E-state index contributed by atoms with van der Waals surface area (Å²) in [4.78, 5) is 22.0. The molecule has 1 aromatic rings. The second-order valence-electron chi connectivity index (χ2n) is 4.60. The number of hydrogen-bond acceptors (Lipinski definition) is 5. The van der Waals surface area contributed by atoms with Gasteiger partial charge in [-0.2, -0.15) is 18.7 Å². The molecule has 0 saturated carbocycles. The molecule has 0 bridgehead atoms. The Morgan fingerprint density at radius 3 is 2.78 bits per heavy atom. The zero-order valence-corrected chi connectivity index (χ0v) is 11.6. The van der Waals surface area contributed by atoms with E-state index >= 15 is 0 Å². The molecule has 1 N–H and O–H groups in total. The van der Waals surface area contributed by atoms with Gasteiger partial charge in [0, 0.05) is 30.4 Å². The van der Waals surface area contributed by atoms with E-state index in [1.165, 1.54) is 18.6 Å². The number of nitrogens with zero attached hydrogens (tertiary/aromatic N) is 1. The Kier molecular flexibility index (Phi) is 4.05. The summed E-state index contributed by atoms with van der Waals surface area (Å²) < 4.78 is 17.2. The highest BCUT2D eigenvalue weighted by Gasteiger charge is 2.24. The van der Waals surface area contributed by atoms with Crippen LogP contribution in [-0.2, 0) is 24.7 Å². The van der Waals surface area contributed by atoms with Crippen LogP contribution in [0.5, 0.6) is 0 Å². The molecule has 6 nitrogen and oxygen atoms in total. The summed E-state index contributed by atoms with van der Waals surface area (Å²) in [5.74, 6) is -0.460. The third-order valence-electron chi connectivity index (χ3n) is 2.52. The highest BCUT2D eigenvalue weighted by Crippen LogP contribution is 2.20. The standard InChI is InChI=1S/C11H18N2O4S/c1-4-18(2,3,16)17-11(15)10-8-9(12-13-10)6-5-7-14/h7-8H,4-6H2,1-3H3,(H,12,13). The maximum absolute atomic E-state index is 12.2. The summed E-state index contributed by atoms with van der Waals surface area (Å²) in [6.45, 7) is 1.70. The number of aromatic amines is 1. The predicted molar refractivity (Wildman–Crippen MR) is 68.9 cm³/mol. The fourth-order valence-corrected chi connectivity index (χ4v) is 1.82. The number of H-pyrrole nitrogens is 1. The first-order valence-corrected chi connectivity index (χ1v) is 8.45. The zero-order valence-electron chi connectivity index (χ0n) is 10.8. The van der Waals surface area contributed by atoms with Crippen LogP contribution in [0.4, 0.5) is 0 Å². The lowest BCUT2D eigenvalue weighted by molar-refractivity contribution is -0.107. The number of carbonyl (C=O) groups excluding carboxylic acids is 2. The molecule has 0 atom stereocenters. The summed E-state index contributed by atoms with van der Waals surface area (Å²) in [6.07, 6.45) is 4.48. The summed E-state index contributed by atoms with van der Waals surface area (Å²) >= 11 is 0. The molecule has 0 unspecified atom stereocenters. The Morgan fingerprint density at radius 2 is 2.22 bits per heavy atom. The highest BCUT2D eigenvalue weighted by molar-refractivity contribution is 8.15. The van der Waals surface area contributed by atoms with Gasteiger partial charge in [0.05, 0.1) is 0 Å². The molecule has 0 aliphatic heterocycles. The number of rotatable bonds is 6. The second kappa shape index (κ2) is 5.01. The molecule has 102 valence electrons. The van der Waals surface area contributed by atoms with Crippen molar-refractivity contribution in [2.24, 2.45) is 0 Å². The van der Waals surface area contributed by atoms with Gasteiger partial charge in [0.25, 0.3) is 0 Å². The number of aromatic nitrogens is 2. The molecule has 0 fully saturated rings. The van der Waals surface area contributed by atoms with Crippen molar-refractivity contribution in [1.29, 1.82) is 0 Å². The molecule has 1 heterocycles. The van der Waals surface area contributed by atoms with Gasteiger partial charge in [-0.3, -0.25) is 5.10 Å². The van der Waals surface area contributed by atoms with E-state index in [1.807, 2.05) is 0 Å². The van der Waals surface area contributed by atoms with Crippen molar-refractivity contribution >= 4 is 21.6 Å². The van der Waals surface area contributed by atoms with Crippen LogP contribution in [0.25, 0.3) is 0 Å². The number of hydrogen-bond donors (Lipinski definition) is 1. The summed E-state index contributed by atoms with van der Waals surface area (Å²) in [6, 6.07) is 1.50. The van der Waals surface area contributed by atoms with Crippen molar-refractivity contribution in [2.45, 2.75) is 19.8 Å². The third kappa shape index (κ3) is 4.06. The van der Waals surface area contributed by atoms with Gasteiger partial charge in [-0.05, 0) is 19.4 Å². The molecule has 7 heteroatoms. The Hall–Kier alpha value is -1.50. The van der Waals surface area contributed by atoms with E-state index < -0.39 is 15.3 Å². The number of aldehydes is 1. The molecule has 18 heavy (non-hydrogen) atoms. The SMILES string of the molecule is CCS(C)(C)(=O)OC(=O)c1cc(CCC=O)[nH]n1. The van der Waals surface area contributed by atoms with Crippen molar-refractivity contribution < 1.29 is 18.0 Å². The molecular weight excluding hydrogens is 256 g/mol. The van der Waals surface area contributed by atoms with Crippen molar-refractivity contribution in [3.63, 3.8) is 0 Å². The average molecular weight is 274 g/mol. The van der Waals surface area contributed by atoms with Gasteiger partial charge in [0.1, 0.15) is 6.29 Å². The van der Waals surface area contributed by atoms with E-state index in [9.17, 15) is 13.8 Å². The lowest BCUT2D eigenvalue weighted by Crippen LogP contribution is -2.37. The number of aryl methyl sites for hydroxylation is 1. The Morgan fingerprint density at radius 1 is 1.56 bits per heavy atom. The molecule has 0 aliphatic rings. The Balaban J connectivity index is 2.77. The molecule has 0 saturated heterocycles. The van der Waals surface area contributed by atoms with E-state index in [0.717, 1.165) is 6.29 Å². The fraction of sp³-hybridized carbons (Fsp3) is 0.545. The van der Waals surface area contributed by atoms with E-state index in [-0.39, 0.29) is 11.4 Å². The first kappa shape index (κ1) is 14.6. The maximum atomic E-state index is 12.2.